The van der Waals surface area contributed by atoms with Crippen molar-refractivity contribution >= 4 is 23.2 Å². The van der Waals surface area contributed by atoms with Crippen LogP contribution in [0.15, 0.2) is 30.3 Å². The molecule has 0 spiro atoms. The zero-order valence-electron chi connectivity index (χ0n) is 15.3. The number of β-lactam (4-membered cyclic amide) rings is 1. The zero-order valence-corrected chi connectivity index (χ0v) is 16.0. The summed E-state index contributed by atoms with van der Waals surface area (Å²) in [4.78, 5) is 13.9. The van der Waals surface area contributed by atoms with Gasteiger partial charge in [0.25, 0.3) is 0 Å². The summed E-state index contributed by atoms with van der Waals surface area (Å²) in [7, 11) is 5.85. The van der Waals surface area contributed by atoms with Crippen molar-refractivity contribution in [3.63, 3.8) is 0 Å². The Labute approximate surface area is 161 Å². The van der Waals surface area contributed by atoms with E-state index in [0.717, 1.165) is 0 Å². The van der Waals surface area contributed by atoms with E-state index in [1.54, 1.807) is 18.2 Å². The summed E-state index contributed by atoms with van der Waals surface area (Å²) in [6.45, 7) is 0. The SMILES string of the molecule is COc1ccc([C@H]2[C@H](Cl)C(=O)N2c2cc(OC)c(OC)c(OC)c2)cc1F. The summed E-state index contributed by atoms with van der Waals surface area (Å²) in [5.74, 6) is 0.505. The minimum absolute atomic E-state index is 0.120. The Balaban J connectivity index is 2.05. The van der Waals surface area contributed by atoms with Crippen molar-refractivity contribution in [3.8, 4) is 23.0 Å². The van der Waals surface area contributed by atoms with E-state index in [9.17, 15) is 9.18 Å². The summed E-state index contributed by atoms with van der Waals surface area (Å²) in [5, 5.41) is -0.808. The number of methoxy groups -OCH3 is 4. The second-order valence-corrected chi connectivity index (χ2v) is 6.30. The predicted octanol–water partition coefficient (Wildman–Crippen LogP) is 3.56. The number of nitrogens with zero attached hydrogens (tertiary/aromatic N) is 1. The molecule has 2 aromatic rings. The van der Waals surface area contributed by atoms with E-state index in [-0.39, 0.29) is 11.7 Å². The Bertz CT molecular complexity index is 850. The first-order chi connectivity index (χ1) is 13.0. The van der Waals surface area contributed by atoms with Gasteiger partial charge in [-0.2, -0.15) is 0 Å². The average Bonchev–Trinajstić information content (AvgIpc) is 2.69. The second kappa shape index (κ2) is 7.52. The van der Waals surface area contributed by atoms with Gasteiger partial charge in [0, 0.05) is 12.1 Å². The molecule has 1 amide bonds. The molecule has 0 aliphatic carbocycles. The number of hydrogen-bond donors (Lipinski definition) is 0. The van der Waals surface area contributed by atoms with Crippen molar-refractivity contribution in [3.05, 3.63) is 41.7 Å². The molecule has 3 rings (SSSR count). The van der Waals surface area contributed by atoms with E-state index in [0.29, 0.717) is 28.5 Å². The molecule has 144 valence electrons. The quantitative estimate of drug-likeness (QED) is 0.553. The van der Waals surface area contributed by atoms with Crippen LogP contribution in [0.1, 0.15) is 11.6 Å². The Morgan fingerprint density at radius 2 is 1.52 bits per heavy atom. The Hall–Kier alpha value is -2.67. The van der Waals surface area contributed by atoms with E-state index in [2.05, 4.69) is 0 Å². The maximum atomic E-state index is 14.1. The molecule has 0 bridgehead atoms. The number of benzene rings is 2. The number of ether oxygens (including phenoxy) is 4. The van der Waals surface area contributed by atoms with Crippen LogP contribution in [0, 0.1) is 5.82 Å². The van der Waals surface area contributed by atoms with Gasteiger partial charge in [0.15, 0.2) is 23.1 Å². The van der Waals surface area contributed by atoms with Crippen molar-refractivity contribution in [2.24, 2.45) is 0 Å². The van der Waals surface area contributed by atoms with Crippen molar-refractivity contribution in [1.82, 2.24) is 0 Å². The fraction of sp³-hybridized carbons (Fsp3) is 0.316. The molecular formula is C19H19ClFNO5. The summed E-state index contributed by atoms with van der Waals surface area (Å²) in [6.07, 6.45) is 0. The second-order valence-electron chi connectivity index (χ2n) is 5.83. The summed E-state index contributed by atoms with van der Waals surface area (Å²) >= 11 is 6.24. The van der Waals surface area contributed by atoms with E-state index < -0.39 is 17.2 Å². The molecule has 0 radical (unpaired) electrons. The summed E-state index contributed by atoms with van der Waals surface area (Å²) < 4.78 is 35.1. The van der Waals surface area contributed by atoms with Gasteiger partial charge in [0.05, 0.1) is 40.2 Å². The van der Waals surface area contributed by atoms with E-state index in [4.69, 9.17) is 30.5 Å². The van der Waals surface area contributed by atoms with Gasteiger partial charge in [-0.1, -0.05) is 6.07 Å². The van der Waals surface area contributed by atoms with Crippen LogP contribution in [0.5, 0.6) is 23.0 Å². The largest absolute Gasteiger partial charge is 0.494 e. The molecule has 0 aromatic heterocycles. The highest BCUT2D eigenvalue weighted by Gasteiger charge is 2.48. The third-order valence-electron chi connectivity index (χ3n) is 4.47. The van der Waals surface area contributed by atoms with Crippen molar-refractivity contribution in [2.45, 2.75) is 11.4 Å². The maximum absolute atomic E-state index is 14.1. The number of carbonyl (C=O) groups is 1. The molecule has 0 N–H and O–H groups in total. The van der Waals surface area contributed by atoms with Crippen molar-refractivity contribution in [2.75, 3.05) is 33.3 Å². The minimum Gasteiger partial charge on any atom is -0.494 e. The van der Waals surface area contributed by atoms with Crippen molar-refractivity contribution < 1.29 is 28.1 Å². The smallest absolute Gasteiger partial charge is 0.248 e. The number of carbonyl (C=O) groups excluding carboxylic acids is 1. The highest BCUT2D eigenvalue weighted by molar-refractivity contribution is 6.37. The molecule has 1 aliphatic heterocycles. The van der Waals surface area contributed by atoms with Gasteiger partial charge in [-0.25, -0.2) is 4.39 Å². The molecule has 27 heavy (non-hydrogen) atoms. The van der Waals surface area contributed by atoms with Crippen LogP contribution in [0.25, 0.3) is 0 Å². The number of anilines is 1. The van der Waals surface area contributed by atoms with Gasteiger partial charge in [-0.05, 0) is 17.7 Å². The molecule has 1 fully saturated rings. The van der Waals surface area contributed by atoms with Gasteiger partial charge >= 0.3 is 0 Å². The molecule has 1 saturated heterocycles. The van der Waals surface area contributed by atoms with Crippen molar-refractivity contribution in [1.29, 1.82) is 0 Å². The van der Waals surface area contributed by atoms with Gasteiger partial charge in [0.2, 0.25) is 11.7 Å². The van der Waals surface area contributed by atoms with Crippen LogP contribution in [0.2, 0.25) is 0 Å². The standard InChI is InChI=1S/C19H19ClFNO5/c1-24-13-6-5-10(7-12(13)21)17-16(20)19(23)22(17)11-8-14(25-2)18(27-4)15(9-11)26-3/h5-9,16-17H,1-4H3/t16-,17-/m0/s1. The van der Waals surface area contributed by atoms with Gasteiger partial charge in [0.1, 0.15) is 5.38 Å². The molecule has 0 unspecified atom stereocenters. The maximum Gasteiger partial charge on any atom is 0.248 e. The molecule has 8 heteroatoms. The lowest BCUT2D eigenvalue weighted by Gasteiger charge is -2.44. The van der Waals surface area contributed by atoms with E-state index in [1.807, 2.05) is 0 Å². The lowest BCUT2D eigenvalue weighted by molar-refractivity contribution is -0.123. The minimum atomic E-state index is -0.808. The highest BCUT2D eigenvalue weighted by atomic mass is 35.5. The Kier molecular flexibility index (Phi) is 5.32. The third-order valence-corrected chi connectivity index (χ3v) is 4.90. The summed E-state index contributed by atoms with van der Waals surface area (Å²) in [6, 6.07) is 7.26. The number of hydrogen-bond acceptors (Lipinski definition) is 5. The predicted molar refractivity (Wildman–Crippen MR) is 98.9 cm³/mol. The lowest BCUT2D eigenvalue weighted by atomic mass is 9.92. The molecule has 2 atom stereocenters. The normalized spacial score (nSPS) is 18.7. The van der Waals surface area contributed by atoms with Gasteiger partial charge < -0.3 is 23.8 Å². The van der Waals surface area contributed by atoms with Crippen LogP contribution in [0.3, 0.4) is 0 Å². The third kappa shape index (κ3) is 3.12. The first-order valence-corrected chi connectivity index (χ1v) is 8.51. The topological polar surface area (TPSA) is 57.2 Å². The van der Waals surface area contributed by atoms with Gasteiger partial charge in [-0.3, -0.25) is 4.79 Å². The molecule has 1 aliphatic rings. The van der Waals surface area contributed by atoms with Crippen LogP contribution in [-0.4, -0.2) is 39.7 Å². The molecule has 6 nitrogen and oxygen atoms in total. The van der Waals surface area contributed by atoms with E-state index in [1.165, 1.54) is 45.5 Å². The highest BCUT2D eigenvalue weighted by Crippen LogP contribution is 2.47. The molecule has 2 aromatic carbocycles. The van der Waals surface area contributed by atoms with E-state index >= 15 is 0 Å². The first-order valence-electron chi connectivity index (χ1n) is 8.07. The number of rotatable bonds is 6. The zero-order chi connectivity index (χ0) is 19.7. The van der Waals surface area contributed by atoms with Crippen LogP contribution >= 0.6 is 11.6 Å². The lowest BCUT2D eigenvalue weighted by Crippen LogP contribution is -2.56. The fourth-order valence-electron chi connectivity index (χ4n) is 3.13. The van der Waals surface area contributed by atoms with Crippen LogP contribution in [-0.2, 0) is 4.79 Å². The first kappa shape index (κ1) is 19.1. The summed E-state index contributed by atoms with van der Waals surface area (Å²) in [5.41, 5.74) is 1.06. The Morgan fingerprint density at radius 1 is 0.926 bits per heavy atom. The Morgan fingerprint density at radius 3 is 2.00 bits per heavy atom. The fourth-order valence-corrected chi connectivity index (χ4v) is 3.50. The number of halogens is 2. The number of amides is 1. The number of alkyl halides is 1. The van der Waals surface area contributed by atoms with Gasteiger partial charge in [-0.15, -0.1) is 11.6 Å². The molecular weight excluding hydrogens is 377 g/mol. The average molecular weight is 396 g/mol. The molecule has 1 heterocycles. The molecule has 0 saturated carbocycles. The van der Waals surface area contributed by atoms with Crippen LogP contribution in [0.4, 0.5) is 10.1 Å². The van der Waals surface area contributed by atoms with Crippen LogP contribution < -0.4 is 23.8 Å². The monoisotopic (exact) mass is 395 g/mol.